The lowest BCUT2D eigenvalue weighted by atomic mass is 9.92. The number of halogens is 1. The van der Waals surface area contributed by atoms with Crippen molar-refractivity contribution in [1.82, 2.24) is 0 Å². The Kier molecular flexibility index (Phi) is 5.00. The second-order valence-electron chi connectivity index (χ2n) is 3.99. The van der Waals surface area contributed by atoms with Crippen LogP contribution in [-0.4, -0.2) is 5.91 Å². The third-order valence-corrected chi connectivity index (χ3v) is 3.99. The topological polar surface area (TPSA) is 43.1 Å². The van der Waals surface area contributed by atoms with Gasteiger partial charge in [0.2, 0.25) is 5.91 Å². The molecule has 16 heavy (non-hydrogen) atoms. The summed E-state index contributed by atoms with van der Waals surface area (Å²) in [6.07, 6.45) is 4.00. The molecule has 0 aliphatic heterocycles. The van der Waals surface area contributed by atoms with Crippen molar-refractivity contribution in [3.63, 3.8) is 0 Å². The summed E-state index contributed by atoms with van der Waals surface area (Å²) in [7, 11) is 0. The van der Waals surface area contributed by atoms with Gasteiger partial charge in [-0.3, -0.25) is 4.79 Å². The van der Waals surface area contributed by atoms with Gasteiger partial charge in [-0.1, -0.05) is 72.4 Å². The van der Waals surface area contributed by atoms with E-state index in [-0.39, 0.29) is 5.91 Å². The van der Waals surface area contributed by atoms with Crippen molar-refractivity contribution >= 4 is 21.8 Å². The van der Waals surface area contributed by atoms with Crippen LogP contribution in [0.4, 0.5) is 0 Å². The number of unbranched alkanes of at least 4 members (excludes halogenated alkanes) is 2. The average molecular weight is 284 g/mol. The second kappa shape index (κ2) is 6.04. The second-order valence-corrected chi connectivity index (χ2v) is 5.34. The molecule has 1 atom stereocenters. The van der Waals surface area contributed by atoms with E-state index in [1.54, 1.807) is 0 Å². The Hall–Kier alpha value is -0.830. The van der Waals surface area contributed by atoms with E-state index in [0.29, 0.717) is 0 Å². The normalized spacial score (nSPS) is 14.4. The van der Waals surface area contributed by atoms with Crippen LogP contribution in [0.15, 0.2) is 30.3 Å². The zero-order valence-electron chi connectivity index (χ0n) is 9.58. The summed E-state index contributed by atoms with van der Waals surface area (Å²) < 4.78 is -0.705. The summed E-state index contributed by atoms with van der Waals surface area (Å²) in [6, 6.07) is 9.66. The highest BCUT2D eigenvalue weighted by Crippen LogP contribution is 2.36. The Bertz CT molecular complexity index is 339. The molecule has 1 unspecified atom stereocenters. The molecule has 0 spiro atoms. The SMILES string of the molecule is CCCCCC(Br)(C(N)=O)c1ccccc1. The van der Waals surface area contributed by atoms with Crippen LogP contribution in [0, 0.1) is 0 Å². The lowest BCUT2D eigenvalue weighted by Crippen LogP contribution is -2.35. The smallest absolute Gasteiger partial charge is 0.238 e. The van der Waals surface area contributed by atoms with Crippen molar-refractivity contribution in [2.24, 2.45) is 5.73 Å². The van der Waals surface area contributed by atoms with Crippen molar-refractivity contribution < 1.29 is 4.79 Å². The quantitative estimate of drug-likeness (QED) is 0.632. The number of alkyl halides is 1. The number of benzene rings is 1. The maximum atomic E-state index is 11.6. The molecule has 0 aliphatic rings. The number of hydrogen-bond donors (Lipinski definition) is 1. The first-order valence-electron chi connectivity index (χ1n) is 5.65. The van der Waals surface area contributed by atoms with E-state index in [4.69, 9.17) is 5.73 Å². The molecular weight excluding hydrogens is 266 g/mol. The number of hydrogen-bond acceptors (Lipinski definition) is 1. The zero-order chi connectivity index (χ0) is 12.0. The van der Waals surface area contributed by atoms with Gasteiger partial charge in [-0.2, -0.15) is 0 Å². The van der Waals surface area contributed by atoms with Gasteiger partial charge >= 0.3 is 0 Å². The molecule has 0 heterocycles. The van der Waals surface area contributed by atoms with Gasteiger partial charge in [-0.25, -0.2) is 0 Å². The molecule has 0 saturated carbocycles. The predicted octanol–water partition coefficient (Wildman–Crippen LogP) is 3.34. The molecule has 2 N–H and O–H groups in total. The molecule has 0 saturated heterocycles. The number of amides is 1. The maximum absolute atomic E-state index is 11.6. The highest BCUT2D eigenvalue weighted by molar-refractivity contribution is 9.10. The van der Waals surface area contributed by atoms with E-state index in [9.17, 15) is 4.79 Å². The van der Waals surface area contributed by atoms with Crippen molar-refractivity contribution in [2.45, 2.75) is 36.9 Å². The molecule has 2 nitrogen and oxygen atoms in total. The van der Waals surface area contributed by atoms with Crippen LogP contribution in [0.2, 0.25) is 0 Å². The fourth-order valence-corrected chi connectivity index (χ4v) is 2.28. The zero-order valence-corrected chi connectivity index (χ0v) is 11.2. The summed E-state index contributed by atoms with van der Waals surface area (Å²) in [4.78, 5) is 11.6. The Labute approximate surface area is 105 Å². The van der Waals surface area contributed by atoms with E-state index in [1.807, 2.05) is 30.3 Å². The molecule has 1 amide bonds. The Balaban J connectivity index is 2.85. The number of nitrogens with two attached hydrogens (primary N) is 1. The average Bonchev–Trinajstić information content (AvgIpc) is 2.30. The Morgan fingerprint density at radius 2 is 1.94 bits per heavy atom. The summed E-state index contributed by atoms with van der Waals surface area (Å²) in [5, 5.41) is 0. The van der Waals surface area contributed by atoms with Crippen LogP contribution in [-0.2, 0) is 9.12 Å². The minimum atomic E-state index is -0.705. The number of carbonyl (C=O) groups excluding carboxylic acids is 1. The minimum absolute atomic E-state index is 0.310. The van der Waals surface area contributed by atoms with Crippen LogP contribution in [0.1, 0.15) is 38.2 Å². The van der Waals surface area contributed by atoms with Gasteiger partial charge in [-0.05, 0) is 12.0 Å². The minimum Gasteiger partial charge on any atom is -0.368 e. The first-order valence-corrected chi connectivity index (χ1v) is 6.45. The van der Waals surface area contributed by atoms with E-state index in [0.717, 1.165) is 31.2 Å². The monoisotopic (exact) mass is 283 g/mol. The molecule has 1 aromatic rings. The Morgan fingerprint density at radius 1 is 1.31 bits per heavy atom. The third-order valence-electron chi connectivity index (χ3n) is 2.75. The molecule has 1 rings (SSSR count). The molecule has 88 valence electrons. The van der Waals surface area contributed by atoms with Crippen LogP contribution >= 0.6 is 15.9 Å². The van der Waals surface area contributed by atoms with Crippen molar-refractivity contribution in [3.05, 3.63) is 35.9 Å². The molecule has 0 fully saturated rings. The van der Waals surface area contributed by atoms with E-state index < -0.39 is 4.32 Å². The van der Waals surface area contributed by atoms with Crippen LogP contribution in [0.5, 0.6) is 0 Å². The molecule has 0 aliphatic carbocycles. The predicted molar refractivity (Wildman–Crippen MR) is 70.4 cm³/mol. The largest absolute Gasteiger partial charge is 0.368 e. The summed E-state index contributed by atoms with van der Waals surface area (Å²) >= 11 is 3.51. The number of rotatable bonds is 6. The van der Waals surface area contributed by atoms with Crippen LogP contribution in [0.25, 0.3) is 0 Å². The first-order chi connectivity index (χ1) is 7.61. The van der Waals surface area contributed by atoms with Crippen LogP contribution in [0.3, 0.4) is 0 Å². The van der Waals surface area contributed by atoms with Gasteiger partial charge in [0.15, 0.2) is 0 Å². The standard InChI is InChI=1S/C13H18BrNO/c1-2-3-7-10-13(14,12(15)16)11-8-5-4-6-9-11/h4-6,8-9H,2-3,7,10H2,1H3,(H2,15,16). The van der Waals surface area contributed by atoms with E-state index in [1.165, 1.54) is 0 Å². The van der Waals surface area contributed by atoms with Crippen molar-refractivity contribution in [1.29, 1.82) is 0 Å². The van der Waals surface area contributed by atoms with Gasteiger partial charge in [0.25, 0.3) is 0 Å². The number of primary amides is 1. The van der Waals surface area contributed by atoms with Gasteiger partial charge in [0.1, 0.15) is 4.32 Å². The molecular formula is C13H18BrNO. The molecule has 0 bridgehead atoms. The summed E-state index contributed by atoms with van der Waals surface area (Å²) in [5.74, 6) is -0.310. The van der Waals surface area contributed by atoms with E-state index in [2.05, 4.69) is 22.9 Å². The fraction of sp³-hybridized carbons (Fsp3) is 0.462. The summed E-state index contributed by atoms with van der Waals surface area (Å²) in [5.41, 5.74) is 6.44. The lowest BCUT2D eigenvalue weighted by molar-refractivity contribution is -0.120. The number of carbonyl (C=O) groups is 1. The Morgan fingerprint density at radius 3 is 2.44 bits per heavy atom. The lowest BCUT2D eigenvalue weighted by Gasteiger charge is -2.24. The summed E-state index contributed by atoms with van der Waals surface area (Å²) in [6.45, 7) is 2.14. The highest BCUT2D eigenvalue weighted by atomic mass is 79.9. The third kappa shape index (κ3) is 3.08. The molecule has 1 aromatic carbocycles. The molecule has 0 radical (unpaired) electrons. The van der Waals surface area contributed by atoms with Crippen molar-refractivity contribution in [3.8, 4) is 0 Å². The molecule has 3 heteroatoms. The molecule has 0 aromatic heterocycles. The van der Waals surface area contributed by atoms with Crippen LogP contribution < -0.4 is 5.73 Å². The van der Waals surface area contributed by atoms with Gasteiger partial charge in [0, 0.05) is 0 Å². The van der Waals surface area contributed by atoms with Gasteiger partial charge < -0.3 is 5.73 Å². The fourth-order valence-electron chi connectivity index (χ4n) is 1.73. The van der Waals surface area contributed by atoms with Gasteiger partial charge in [0.05, 0.1) is 0 Å². The van der Waals surface area contributed by atoms with Crippen molar-refractivity contribution in [2.75, 3.05) is 0 Å². The first kappa shape index (κ1) is 13.2. The highest BCUT2D eigenvalue weighted by Gasteiger charge is 2.34. The van der Waals surface area contributed by atoms with E-state index >= 15 is 0 Å². The van der Waals surface area contributed by atoms with Gasteiger partial charge in [-0.15, -0.1) is 0 Å². The maximum Gasteiger partial charge on any atom is 0.238 e.